The Morgan fingerprint density at radius 1 is 0.971 bits per heavy atom. The van der Waals surface area contributed by atoms with Gasteiger partial charge >= 0.3 is 6.09 Å². The van der Waals surface area contributed by atoms with E-state index in [0.717, 1.165) is 29.4 Å². The molecule has 0 spiro atoms. The van der Waals surface area contributed by atoms with Gasteiger partial charge in [-0.1, -0.05) is 12.1 Å². The van der Waals surface area contributed by atoms with Crippen LogP contribution in [0.1, 0.15) is 27.2 Å². The first-order valence-corrected chi connectivity index (χ1v) is 13.0. The topological polar surface area (TPSA) is 79.7 Å². The first kappa shape index (κ1) is 25.5. The lowest BCUT2D eigenvalue weighted by molar-refractivity contribution is 0.0258. The number of nitrogens with zero attached hydrogens (tertiary/aromatic N) is 4. The van der Waals surface area contributed by atoms with Crippen molar-refractivity contribution < 1.29 is 27.4 Å². The summed E-state index contributed by atoms with van der Waals surface area (Å²) in [5.74, 6) is -1.62. The molecule has 2 N–H and O–H groups in total. The standard InChI is InChI=1S/C24H32F2N4O4S/c1-24(2,3)34-23(31)28-12-6-11-27(13-15-28)14-16-29-21-7-4-5-8-22(21)30(35(29,32)33)20-10-9-18(25)17-19(20)26/h4-5,7-10,17,32-33H,6,11-16H2,1-3H3. The normalized spacial score (nSPS) is 19.3. The van der Waals surface area contributed by atoms with Crippen LogP contribution in [0.5, 0.6) is 0 Å². The van der Waals surface area contributed by atoms with Crippen molar-refractivity contribution in [3.05, 3.63) is 54.1 Å². The first-order chi connectivity index (χ1) is 16.5. The van der Waals surface area contributed by atoms with E-state index in [9.17, 15) is 22.7 Å². The highest BCUT2D eigenvalue weighted by atomic mass is 32.3. The van der Waals surface area contributed by atoms with Crippen molar-refractivity contribution in [1.82, 2.24) is 9.80 Å². The number of amides is 1. The first-order valence-electron chi connectivity index (χ1n) is 11.6. The van der Waals surface area contributed by atoms with Crippen molar-refractivity contribution in [3.8, 4) is 0 Å². The Morgan fingerprint density at radius 3 is 2.37 bits per heavy atom. The third-order valence-electron chi connectivity index (χ3n) is 5.90. The molecule has 1 saturated heterocycles. The van der Waals surface area contributed by atoms with Crippen LogP contribution in [0, 0.1) is 11.6 Å². The zero-order valence-corrected chi connectivity index (χ0v) is 21.0. The van der Waals surface area contributed by atoms with Crippen molar-refractivity contribution in [3.63, 3.8) is 0 Å². The van der Waals surface area contributed by atoms with Crippen LogP contribution in [-0.2, 0) is 4.74 Å². The van der Waals surface area contributed by atoms with Gasteiger partial charge in [-0.3, -0.25) is 18.3 Å². The fourth-order valence-corrected chi connectivity index (χ4v) is 6.07. The predicted molar refractivity (Wildman–Crippen MR) is 134 cm³/mol. The molecule has 1 fully saturated rings. The Bertz CT molecular complexity index is 1080. The number of fused-ring (bicyclic) bond motifs is 1. The Balaban J connectivity index is 1.47. The molecule has 0 saturated carbocycles. The van der Waals surface area contributed by atoms with Crippen LogP contribution in [-0.4, -0.2) is 69.9 Å². The van der Waals surface area contributed by atoms with Crippen molar-refractivity contribution in [2.24, 2.45) is 0 Å². The van der Waals surface area contributed by atoms with Gasteiger partial charge in [0.15, 0.2) is 5.82 Å². The molecule has 2 heterocycles. The fourth-order valence-electron chi connectivity index (χ4n) is 4.30. The molecule has 0 aliphatic carbocycles. The van der Waals surface area contributed by atoms with Crippen LogP contribution in [0.2, 0.25) is 0 Å². The van der Waals surface area contributed by atoms with Gasteiger partial charge in [-0.05, 0) is 69.0 Å². The van der Waals surface area contributed by atoms with Gasteiger partial charge in [-0.25, -0.2) is 17.9 Å². The summed E-state index contributed by atoms with van der Waals surface area (Å²) in [6.45, 7) is 8.73. The zero-order chi connectivity index (χ0) is 25.4. The maximum absolute atomic E-state index is 14.6. The minimum Gasteiger partial charge on any atom is -0.444 e. The van der Waals surface area contributed by atoms with Gasteiger partial charge < -0.3 is 9.64 Å². The third-order valence-corrected chi connectivity index (χ3v) is 7.75. The summed E-state index contributed by atoms with van der Waals surface area (Å²) < 4.78 is 58.7. The number of anilines is 3. The van der Waals surface area contributed by atoms with Crippen LogP contribution >= 0.6 is 11.0 Å². The van der Waals surface area contributed by atoms with E-state index in [1.807, 2.05) is 20.8 Å². The summed E-state index contributed by atoms with van der Waals surface area (Å²) in [5, 5.41) is 0. The molecular weight excluding hydrogens is 478 g/mol. The van der Waals surface area contributed by atoms with E-state index in [0.29, 0.717) is 37.6 Å². The highest BCUT2D eigenvalue weighted by Gasteiger charge is 2.42. The number of benzene rings is 2. The minimum atomic E-state index is -3.64. The quantitative estimate of drug-likeness (QED) is 0.567. The molecule has 0 bridgehead atoms. The van der Waals surface area contributed by atoms with Gasteiger partial charge in [0.1, 0.15) is 17.1 Å². The van der Waals surface area contributed by atoms with Gasteiger partial charge in [0.25, 0.3) is 0 Å². The van der Waals surface area contributed by atoms with Gasteiger partial charge in [0.05, 0.1) is 17.9 Å². The highest BCUT2D eigenvalue weighted by molar-refractivity contribution is 8.27. The molecule has 4 rings (SSSR count). The Morgan fingerprint density at radius 2 is 1.69 bits per heavy atom. The number of para-hydroxylation sites is 2. The molecule has 192 valence electrons. The molecule has 8 nitrogen and oxygen atoms in total. The van der Waals surface area contributed by atoms with Gasteiger partial charge in [-0.2, -0.15) is 0 Å². The van der Waals surface area contributed by atoms with E-state index in [-0.39, 0.29) is 18.3 Å². The van der Waals surface area contributed by atoms with E-state index in [1.54, 1.807) is 29.2 Å². The molecule has 35 heavy (non-hydrogen) atoms. The van der Waals surface area contributed by atoms with Crippen LogP contribution in [0.3, 0.4) is 0 Å². The monoisotopic (exact) mass is 510 g/mol. The number of halogens is 2. The van der Waals surface area contributed by atoms with Crippen molar-refractivity contribution in [1.29, 1.82) is 0 Å². The molecule has 0 aromatic heterocycles. The third kappa shape index (κ3) is 5.48. The summed E-state index contributed by atoms with van der Waals surface area (Å²) >= 11 is 0. The smallest absolute Gasteiger partial charge is 0.410 e. The lowest BCUT2D eigenvalue weighted by Gasteiger charge is -2.44. The minimum absolute atomic E-state index is 0.107. The molecule has 2 aliphatic heterocycles. The van der Waals surface area contributed by atoms with E-state index in [4.69, 9.17) is 4.74 Å². The predicted octanol–water partition coefficient (Wildman–Crippen LogP) is 5.45. The van der Waals surface area contributed by atoms with E-state index < -0.39 is 28.2 Å². The number of ether oxygens (including phenoxy) is 1. The highest BCUT2D eigenvalue weighted by Crippen LogP contribution is 2.64. The second-order valence-corrected chi connectivity index (χ2v) is 11.4. The van der Waals surface area contributed by atoms with E-state index in [2.05, 4.69) is 4.90 Å². The number of carbonyl (C=O) groups excluding carboxylic acids is 1. The van der Waals surface area contributed by atoms with Gasteiger partial charge in [0, 0.05) is 32.2 Å². The van der Waals surface area contributed by atoms with E-state index in [1.165, 1.54) is 10.4 Å². The van der Waals surface area contributed by atoms with Gasteiger partial charge in [-0.15, -0.1) is 0 Å². The molecule has 0 radical (unpaired) electrons. The van der Waals surface area contributed by atoms with Crippen LogP contribution < -0.4 is 8.61 Å². The maximum Gasteiger partial charge on any atom is 0.410 e. The number of hydrogen-bond acceptors (Lipinski definition) is 7. The molecule has 11 heteroatoms. The van der Waals surface area contributed by atoms with Gasteiger partial charge in [0.2, 0.25) is 0 Å². The number of hydrogen-bond donors (Lipinski definition) is 2. The lowest BCUT2D eigenvalue weighted by Crippen LogP contribution is -2.41. The van der Waals surface area contributed by atoms with E-state index >= 15 is 0 Å². The Kier molecular flexibility index (Phi) is 7.14. The van der Waals surface area contributed by atoms with Crippen molar-refractivity contribution in [2.75, 3.05) is 47.9 Å². The second-order valence-electron chi connectivity index (χ2n) is 9.63. The van der Waals surface area contributed by atoms with Crippen LogP contribution in [0.15, 0.2) is 42.5 Å². The lowest BCUT2D eigenvalue weighted by atomic mass is 10.2. The Labute approximate surface area is 206 Å². The van der Waals surface area contributed by atoms with Crippen molar-refractivity contribution >= 4 is 34.1 Å². The molecule has 2 aliphatic rings. The average molecular weight is 511 g/mol. The summed E-state index contributed by atoms with van der Waals surface area (Å²) in [7, 11) is -3.64. The van der Waals surface area contributed by atoms with Crippen LogP contribution in [0.4, 0.5) is 30.6 Å². The largest absolute Gasteiger partial charge is 0.444 e. The fraction of sp³-hybridized carbons (Fsp3) is 0.458. The molecule has 2 aromatic carbocycles. The summed E-state index contributed by atoms with van der Waals surface area (Å²) in [4.78, 5) is 16.3. The summed E-state index contributed by atoms with van der Waals surface area (Å²) in [6.07, 6.45) is 0.429. The maximum atomic E-state index is 14.6. The molecule has 2 aromatic rings. The molecule has 0 unspecified atom stereocenters. The number of rotatable bonds is 4. The SMILES string of the molecule is CC(C)(C)OC(=O)N1CCCN(CCN2c3ccccc3N(c3ccc(F)cc3F)S2(O)O)CC1. The van der Waals surface area contributed by atoms with Crippen LogP contribution in [0.25, 0.3) is 0 Å². The second kappa shape index (κ2) is 9.81. The summed E-state index contributed by atoms with van der Waals surface area (Å²) in [6, 6.07) is 9.95. The average Bonchev–Trinajstić information content (AvgIpc) is 2.89. The molecule has 0 atom stereocenters. The summed E-state index contributed by atoms with van der Waals surface area (Å²) in [5.41, 5.74) is 0.326. The Hall–Kier alpha value is -2.60. The number of carbonyl (C=O) groups is 1. The molecule has 1 amide bonds. The molecular formula is C24H32F2N4O4S. The van der Waals surface area contributed by atoms with Crippen molar-refractivity contribution in [2.45, 2.75) is 32.8 Å². The zero-order valence-electron chi connectivity index (χ0n) is 20.2.